The molecule has 0 saturated carbocycles. The number of thiophene rings is 1. The molecule has 0 spiro atoms. The molecule has 2 aromatic rings. The van der Waals surface area contributed by atoms with E-state index in [1.807, 2.05) is 30.3 Å². The molecule has 0 aliphatic rings. The number of hydroxylamine groups is 2. The SMILES string of the molecule is NC(=O)N(O)C(CO)c1cc2ccccc2s1. The molecule has 0 aliphatic heterocycles. The predicted octanol–water partition coefficient (Wildman–Crippen LogP) is 1.70. The molecule has 0 radical (unpaired) electrons. The second kappa shape index (κ2) is 4.70. The lowest BCUT2D eigenvalue weighted by atomic mass is 10.2. The molecule has 90 valence electrons. The molecule has 6 heteroatoms. The molecule has 2 rings (SSSR count). The number of nitrogens with two attached hydrogens (primary N) is 1. The van der Waals surface area contributed by atoms with Crippen LogP contribution in [0.4, 0.5) is 4.79 Å². The van der Waals surface area contributed by atoms with Crippen LogP contribution in [-0.4, -0.2) is 28.0 Å². The van der Waals surface area contributed by atoms with Crippen LogP contribution in [0.2, 0.25) is 0 Å². The number of aliphatic hydroxyl groups excluding tert-OH is 1. The van der Waals surface area contributed by atoms with Gasteiger partial charge in [0.25, 0.3) is 0 Å². The summed E-state index contributed by atoms with van der Waals surface area (Å²) < 4.78 is 1.03. The van der Waals surface area contributed by atoms with E-state index in [-0.39, 0.29) is 6.61 Å². The van der Waals surface area contributed by atoms with Crippen LogP contribution in [-0.2, 0) is 0 Å². The van der Waals surface area contributed by atoms with Crippen molar-refractivity contribution < 1.29 is 15.1 Å². The van der Waals surface area contributed by atoms with Crippen molar-refractivity contribution in [3.05, 3.63) is 35.2 Å². The average Bonchev–Trinajstić information content (AvgIpc) is 2.72. The lowest BCUT2D eigenvalue weighted by molar-refractivity contribution is -0.0885. The van der Waals surface area contributed by atoms with Gasteiger partial charge in [0.1, 0.15) is 6.04 Å². The number of amides is 2. The van der Waals surface area contributed by atoms with E-state index in [2.05, 4.69) is 0 Å². The fourth-order valence-corrected chi connectivity index (χ4v) is 2.75. The molecule has 1 heterocycles. The third kappa shape index (κ3) is 2.23. The Bertz CT molecular complexity index is 507. The number of carbonyl (C=O) groups excluding carboxylic acids is 1. The van der Waals surface area contributed by atoms with Gasteiger partial charge in [0.2, 0.25) is 0 Å². The molecule has 1 aromatic heterocycles. The smallest absolute Gasteiger partial charge is 0.339 e. The van der Waals surface area contributed by atoms with Gasteiger partial charge in [0.15, 0.2) is 0 Å². The Morgan fingerprint density at radius 3 is 2.76 bits per heavy atom. The molecule has 0 aliphatic carbocycles. The first-order valence-corrected chi connectivity index (χ1v) is 5.82. The number of hydrogen-bond donors (Lipinski definition) is 3. The monoisotopic (exact) mass is 252 g/mol. The Morgan fingerprint density at radius 1 is 1.47 bits per heavy atom. The van der Waals surface area contributed by atoms with Crippen LogP contribution in [0, 0.1) is 0 Å². The summed E-state index contributed by atoms with van der Waals surface area (Å²) in [6.45, 7) is -0.383. The fraction of sp³-hybridized carbons (Fsp3) is 0.182. The molecule has 0 saturated heterocycles. The first-order chi connectivity index (χ1) is 8.13. The Labute approximate surface area is 102 Å². The van der Waals surface area contributed by atoms with Crippen LogP contribution >= 0.6 is 11.3 Å². The number of urea groups is 1. The predicted molar refractivity (Wildman–Crippen MR) is 64.9 cm³/mol. The van der Waals surface area contributed by atoms with Gasteiger partial charge in [0, 0.05) is 9.58 Å². The summed E-state index contributed by atoms with van der Waals surface area (Å²) in [5, 5.41) is 20.0. The number of benzene rings is 1. The van der Waals surface area contributed by atoms with Gasteiger partial charge in [-0.3, -0.25) is 5.21 Å². The summed E-state index contributed by atoms with van der Waals surface area (Å²) in [5.74, 6) is 0. The van der Waals surface area contributed by atoms with Gasteiger partial charge in [-0.2, -0.15) is 5.06 Å². The molecular weight excluding hydrogens is 240 g/mol. The quantitative estimate of drug-likeness (QED) is 0.574. The van der Waals surface area contributed by atoms with E-state index in [1.165, 1.54) is 11.3 Å². The first-order valence-electron chi connectivity index (χ1n) is 5.00. The van der Waals surface area contributed by atoms with Crippen LogP contribution in [0.5, 0.6) is 0 Å². The van der Waals surface area contributed by atoms with Gasteiger partial charge in [-0.25, -0.2) is 4.79 Å². The van der Waals surface area contributed by atoms with Crippen LogP contribution < -0.4 is 5.73 Å². The van der Waals surface area contributed by atoms with Crippen molar-refractivity contribution >= 4 is 27.5 Å². The summed E-state index contributed by atoms with van der Waals surface area (Å²) in [6, 6.07) is 7.69. The molecule has 17 heavy (non-hydrogen) atoms. The lowest BCUT2D eigenvalue weighted by Crippen LogP contribution is -2.37. The van der Waals surface area contributed by atoms with E-state index in [0.717, 1.165) is 10.1 Å². The van der Waals surface area contributed by atoms with E-state index < -0.39 is 12.1 Å². The zero-order valence-electron chi connectivity index (χ0n) is 8.91. The molecular formula is C11H12N2O3S. The number of aliphatic hydroxyl groups is 1. The zero-order chi connectivity index (χ0) is 12.4. The molecule has 1 unspecified atom stereocenters. The number of rotatable bonds is 3. The van der Waals surface area contributed by atoms with Crippen molar-refractivity contribution in [3.63, 3.8) is 0 Å². The van der Waals surface area contributed by atoms with Gasteiger partial charge in [-0.05, 0) is 17.5 Å². The van der Waals surface area contributed by atoms with Gasteiger partial charge in [0.05, 0.1) is 6.61 Å². The Kier molecular flexibility index (Phi) is 3.28. The van der Waals surface area contributed by atoms with Crippen molar-refractivity contribution in [3.8, 4) is 0 Å². The molecule has 5 nitrogen and oxygen atoms in total. The highest BCUT2D eigenvalue weighted by atomic mass is 32.1. The van der Waals surface area contributed by atoms with E-state index in [4.69, 9.17) is 5.73 Å². The highest BCUT2D eigenvalue weighted by Gasteiger charge is 2.23. The maximum atomic E-state index is 10.9. The number of carbonyl (C=O) groups is 1. The second-order valence-corrected chi connectivity index (χ2v) is 4.68. The van der Waals surface area contributed by atoms with Crippen LogP contribution in [0.3, 0.4) is 0 Å². The third-order valence-electron chi connectivity index (χ3n) is 2.47. The Morgan fingerprint density at radius 2 is 2.18 bits per heavy atom. The van der Waals surface area contributed by atoms with Crippen molar-refractivity contribution in [2.45, 2.75) is 6.04 Å². The van der Waals surface area contributed by atoms with Gasteiger partial charge in [-0.15, -0.1) is 11.3 Å². The number of nitrogens with zero attached hydrogens (tertiary/aromatic N) is 1. The largest absolute Gasteiger partial charge is 0.394 e. The van der Waals surface area contributed by atoms with Crippen LogP contribution in [0.25, 0.3) is 10.1 Å². The highest BCUT2D eigenvalue weighted by Crippen LogP contribution is 2.31. The highest BCUT2D eigenvalue weighted by molar-refractivity contribution is 7.19. The molecule has 0 bridgehead atoms. The summed E-state index contributed by atoms with van der Waals surface area (Å²) in [6.07, 6.45) is 0. The lowest BCUT2D eigenvalue weighted by Gasteiger charge is -2.20. The molecule has 4 N–H and O–H groups in total. The van der Waals surface area contributed by atoms with Crippen molar-refractivity contribution in [1.82, 2.24) is 5.06 Å². The fourth-order valence-electron chi connectivity index (χ4n) is 1.61. The number of hydrogen-bond acceptors (Lipinski definition) is 4. The summed E-state index contributed by atoms with van der Waals surface area (Å²) in [7, 11) is 0. The van der Waals surface area contributed by atoms with Crippen molar-refractivity contribution in [2.24, 2.45) is 5.73 Å². The average molecular weight is 252 g/mol. The van der Waals surface area contributed by atoms with E-state index in [9.17, 15) is 15.1 Å². The second-order valence-electron chi connectivity index (χ2n) is 3.57. The summed E-state index contributed by atoms with van der Waals surface area (Å²) >= 11 is 1.41. The minimum Gasteiger partial charge on any atom is -0.394 e. The summed E-state index contributed by atoms with van der Waals surface area (Å²) in [5.41, 5.74) is 4.97. The maximum Gasteiger partial charge on any atom is 0.339 e. The van der Waals surface area contributed by atoms with Crippen molar-refractivity contribution in [1.29, 1.82) is 0 Å². The zero-order valence-corrected chi connectivity index (χ0v) is 9.72. The first kappa shape index (κ1) is 11.8. The molecule has 1 atom stereocenters. The van der Waals surface area contributed by atoms with Crippen molar-refractivity contribution in [2.75, 3.05) is 6.61 Å². The molecule has 2 amide bonds. The van der Waals surface area contributed by atoms with Gasteiger partial charge >= 0.3 is 6.03 Å². The Balaban J connectivity index is 2.39. The minimum absolute atomic E-state index is 0.352. The minimum atomic E-state index is -0.985. The van der Waals surface area contributed by atoms with E-state index in [0.29, 0.717) is 9.94 Å². The normalized spacial score (nSPS) is 12.6. The van der Waals surface area contributed by atoms with Gasteiger partial charge < -0.3 is 10.8 Å². The number of primary amides is 1. The molecule has 1 aromatic carbocycles. The molecule has 0 fully saturated rings. The Hall–Kier alpha value is -1.63. The van der Waals surface area contributed by atoms with E-state index in [1.54, 1.807) is 0 Å². The topological polar surface area (TPSA) is 86.8 Å². The van der Waals surface area contributed by atoms with Gasteiger partial charge in [-0.1, -0.05) is 18.2 Å². The summed E-state index contributed by atoms with van der Waals surface area (Å²) in [4.78, 5) is 11.6. The van der Waals surface area contributed by atoms with E-state index >= 15 is 0 Å². The maximum absolute atomic E-state index is 10.9. The third-order valence-corrected chi connectivity index (χ3v) is 3.68. The standard InChI is InChI=1S/C11H12N2O3S/c12-11(15)13(16)8(6-14)10-5-7-3-1-2-4-9(7)17-10/h1-5,8,14,16H,6H2,(H2,12,15). The number of fused-ring (bicyclic) bond motifs is 1. The van der Waals surface area contributed by atoms with Crippen LogP contribution in [0.1, 0.15) is 10.9 Å². The van der Waals surface area contributed by atoms with Crippen LogP contribution in [0.15, 0.2) is 30.3 Å².